The summed E-state index contributed by atoms with van der Waals surface area (Å²) in [5.74, 6) is 0. The largest absolute Gasteiger partial charge is 0.356 e. The summed E-state index contributed by atoms with van der Waals surface area (Å²) in [4.78, 5) is 5.35. The van der Waals surface area contributed by atoms with Gasteiger partial charge in [-0.1, -0.05) is 130 Å². The zero-order valence-electron chi connectivity index (χ0n) is 21.9. The molecule has 0 radical (unpaired) electrons. The highest BCUT2D eigenvalue weighted by Crippen LogP contribution is 2.23. The first-order valence-electron chi connectivity index (χ1n) is 14.5. The van der Waals surface area contributed by atoms with E-state index >= 15 is 0 Å². The lowest BCUT2D eigenvalue weighted by Crippen LogP contribution is -2.39. The molecule has 0 amide bonds. The molecule has 0 bridgehead atoms. The van der Waals surface area contributed by atoms with E-state index in [1.165, 1.54) is 148 Å². The van der Waals surface area contributed by atoms with E-state index in [1.54, 1.807) is 0 Å². The van der Waals surface area contributed by atoms with Crippen molar-refractivity contribution in [2.45, 2.75) is 162 Å². The van der Waals surface area contributed by atoms with Crippen LogP contribution < -0.4 is 0 Å². The Hall–Kier alpha value is -0.660. The summed E-state index contributed by atoms with van der Waals surface area (Å²) >= 11 is 0. The van der Waals surface area contributed by atoms with Crippen LogP contribution in [0.2, 0.25) is 0 Å². The molecule has 1 rings (SSSR count). The van der Waals surface area contributed by atoms with Crippen molar-refractivity contribution in [3.8, 4) is 0 Å². The quantitative estimate of drug-likeness (QED) is 0.148. The van der Waals surface area contributed by atoms with Gasteiger partial charge in [-0.3, -0.25) is 0 Å². The summed E-state index contributed by atoms with van der Waals surface area (Å²) in [5.41, 5.74) is 0. The summed E-state index contributed by atoms with van der Waals surface area (Å²) in [6.07, 6.45) is 35.0. The predicted molar refractivity (Wildman–Crippen MR) is 140 cm³/mol. The number of hydrogen-bond donors (Lipinski definition) is 0. The number of hydrogen-bond acceptors (Lipinski definition) is 2. The summed E-state index contributed by atoms with van der Waals surface area (Å²) in [6, 6.07) is 0. The highest BCUT2D eigenvalue weighted by Gasteiger charge is 2.24. The molecule has 184 valence electrons. The first-order chi connectivity index (χ1) is 15.3. The summed E-state index contributed by atoms with van der Waals surface area (Å²) < 4.78 is 0. The molecule has 1 aliphatic heterocycles. The van der Waals surface area contributed by atoms with E-state index in [9.17, 15) is 0 Å². The third kappa shape index (κ3) is 14.9. The Balaban J connectivity index is 2.25. The standard InChI is InChI=1S/C29H58N2/c1-4-7-10-13-15-16-18-20-23-26-31-28-27-30(25-22-12-9-6-3)29(31)24-21-19-17-14-11-8-5-2/h27-29H,4-26H2,1-3H3. The van der Waals surface area contributed by atoms with Crippen LogP contribution in [0.25, 0.3) is 0 Å². The van der Waals surface area contributed by atoms with Crippen molar-refractivity contribution < 1.29 is 0 Å². The summed E-state index contributed by atoms with van der Waals surface area (Å²) in [6.45, 7) is 9.45. The van der Waals surface area contributed by atoms with Gasteiger partial charge in [0, 0.05) is 25.5 Å². The molecule has 0 spiro atoms. The second kappa shape index (κ2) is 21.2. The Morgan fingerprint density at radius 3 is 1.16 bits per heavy atom. The minimum Gasteiger partial charge on any atom is -0.356 e. The van der Waals surface area contributed by atoms with Gasteiger partial charge in [-0.25, -0.2) is 0 Å². The Bertz CT molecular complexity index is 392. The smallest absolute Gasteiger partial charge is 0.101 e. The van der Waals surface area contributed by atoms with Crippen LogP contribution in [-0.4, -0.2) is 29.1 Å². The SMILES string of the molecule is CCCCCCCCCCCN1C=CN(CCCCCC)C1CCCCCCCCC. The van der Waals surface area contributed by atoms with Crippen molar-refractivity contribution >= 4 is 0 Å². The van der Waals surface area contributed by atoms with E-state index in [4.69, 9.17) is 0 Å². The van der Waals surface area contributed by atoms with Crippen molar-refractivity contribution in [3.63, 3.8) is 0 Å². The van der Waals surface area contributed by atoms with Crippen LogP contribution >= 0.6 is 0 Å². The van der Waals surface area contributed by atoms with E-state index in [0.717, 1.165) is 0 Å². The fourth-order valence-corrected chi connectivity index (χ4v) is 4.95. The Kier molecular flexibility index (Phi) is 19.4. The monoisotopic (exact) mass is 434 g/mol. The van der Waals surface area contributed by atoms with E-state index in [2.05, 4.69) is 43.0 Å². The molecule has 0 aromatic rings. The van der Waals surface area contributed by atoms with E-state index < -0.39 is 0 Å². The van der Waals surface area contributed by atoms with Crippen LogP contribution in [0, 0.1) is 0 Å². The maximum Gasteiger partial charge on any atom is 0.101 e. The fraction of sp³-hybridized carbons (Fsp3) is 0.931. The van der Waals surface area contributed by atoms with E-state index in [-0.39, 0.29) is 0 Å². The lowest BCUT2D eigenvalue weighted by atomic mass is 10.1. The second-order valence-electron chi connectivity index (χ2n) is 10.1. The molecule has 0 saturated heterocycles. The summed E-state index contributed by atoms with van der Waals surface area (Å²) in [5, 5.41) is 0. The van der Waals surface area contributed by atoms with Gasteiger partial charge in [-0.15, -0.1) is 0 Å². The molecule has 1 unspecified atom stereocenters. The van der Waals surface area contributed by atoms with Crippen LogP contribution in [-0.2, 0) is 0 Å². The highest BCUT2D eigenvalue weighted by molar-refractivity contribution is 4.97. The molecule has 1 aliphatic rings. The van der Waals surface area contributed by atoms with Crippen molar-refractivity contribution in [2.24, 2.45) is 0 Å². The van der Waals surface area contributed by atoms with Gasteiger partial charge in [-0.2, -0.15) is 0 Å². The lowest BCUT2D eigenvalue weighted by molar-refractivity contribution is 0.135. The molecule has 0 aliphatic carbocycles. The van der Waals surface area contributed by atoms with Gasteiger partial charge < -0.3 is 9.80 Å². The van der Waals surface area contributed by atoms with Gasteiger partial charge in [0.15, 0.2) is 0 Å². The van der Waals surface area contributed by atoms with Crippen LogP contribution in [0.3, 0.4) is 0 Å². The van der Waals surface area contributed by atoms with Gasteiger partial charge in [0.2, 0.25) is 0 Å². The minimum atomic E-state index is 0.645. The maximum absolute atomic E-state index is 2.68. The first kappa shape index (κ1) is 28.4. The lowest BCUT2D eigenvalue weighted by Gasteiger charge is -2.33. The first-order valence-corrected chi connectivity index (χ1v) is 14.5. The minimum absolute atomic E-state index is 0.645. The molecule has 0 N–H and O–H groups in total. The van der Waals surface area contributed by atoms with Crippen molar-refractivity contribution in [1.82, 2.24) is 9.80 Å². The average molecular weight is 435 g/mol. The zero-order chi connectivity index (χ0) is 22.4. The highest BCUT2D eigenvalue weighted by atomic mass is 15.4. The molecule has 2 nitrogen and oxygen atoms in total. The normalized spacial score (nSPS) is 16.0. The predicted octanol–water partition coefficient (Wildman–Crippen LogP) is 9.65. The molecule has 31 heavy (non-hydrogen) atoms. The fourth-order valence-electron chi connectivity index (χ4n) is 4.95. The number of nitrogens with zero attached hydrogens (tertiary/aromatic N) is 2. The molecule has 0 fully saturated rings. The molecule has 1 heterocycles. The molecular formula is C29H58N2. The van der Waals surface area contributed by atoms with Gasteiger partial charge in [0.05, 0.1) is 0 Å². The van der Waals surface area contributed by atoms with Crippen LogP contribution in [0.4, 0.5) is 0 Å². The topological polar surface area (TPSA) is 6.48 Å². The number of unbranched alkanes of at least 4 members (excludes halogenated alkanes) is 17. The molecule has 1 atom stereocenters. The maximum atomic E-state index is 2.68. The third-order valence-corrected chi connectivity index (χ3v) is 7.07. The van der Waals surface area contributed by atoms with Gasteiger partial charge in [-0.05, 0) is 25.7 Å². The molecule has 0 saturated carbocycles. The molecule has 0 aromatic carbocycles. The van der Waals surface area contributed by atoms with Crippen molar-refractivity contribution in [2.75, 3.05) is 13.1 Å². The molecular weight excluding hydrogens is 376 g/mol. The van der Waals surface area contributed by atoms with Gasteiger partial charge in [0.1, 0.15) is 6.17 Å². The van der Waals surface area contributed by atoms with E-state index in [0.29, 0.717) is 6.17 Å². The third-order valence-electron chi connectivity index (χ3n) is 7.07. The average Bonchev–Trinajstić information content (AvgIpc) is 3.16. The van der Waals surface area contributed by atoms with Crippen molar-refractivity contribution in [1.29, 1.82) is 0 Å². The van der Waals surface area contributed by atoms with Crippen LogP contribution in [0.15, 0.2) is 12.4 Å². The van der Waals surface area contributed by atoms with Crippen LogP contribution in [0.5, 0.6) is 0 Å². The zero-order valence-corrected chi connectivity index (χ0v) is 21.9. The Morgan fingerprint density at radius 1 is 0.419 bits per heavy atom. The second-order valence-corrected chi connectivity index (χ2v) is 10.1. The Morgan fingerprint density at radius 2 is 0.742 bits per heavy atom. The number of rotatable bonds is 23. The van der Waals surface area contributed by atoms with Gasteiger partial charge in [0.25, 0.3) is 0 Å². The van der Waals surface area contributed by atoms with Gasteiger partial charge >= 0.3 is 0 Å². The Labute approximate surface area is 197 Å². The van der Waals surface area contributed by atoms with Crippen molar-refractivity contribution in [3.05, 3.63) is 12.4 Å². The summed E-state index contributed by atoms with van der Waals surface area (Å²) in [7, 11) is 0. The van der Waals surface area contributed by atoms with Crippen LogP contribution in [0.1, 0.15) is 156 Å². The molecule has 2 heteroatoms. The molecule has 0 aromatic heterocycles. The van der Waals surface area contributed by atoms with E-state index in [1.807, 2.05) is 0 Å².